The van der Waals surface area contributed by atoms with Gasteiger partial charge in [-0.1, -0.05) is 29.8 Å². The van der Waals surface area contributed by atoms with E-state index in [0.29, 0.717) is 18.7 Å². The van der Waals surface area contributed by atoms with Gasteiger partial charge in [0.2, 0.25) is 0 Å². The van der Waals surface area contributed by atoms with E-state index in [2.05, 4.69) is 46.6 Å². The number of carboxylic acids is 1. The lowest BCUT2D eigenvalue weighted by Crippen LogP contribution is -2.21. The van der Waals surface area contributed by atoms with Crippen molar-refractivity contribution < 1.29 is 9.90 Å². The molecule has 3 aromatic rings. The van der Waals surface area contributed by atoms with E-state index in [9.17, 15) is 9.90 Å². The van der Waals surface area contributed by atoms with E-state index in [1.165, 1.54) is 11.1 Å². The lowest BCUT2D eigenvalue weighted by Gasteiger charge is -2.14. The molecule has 0 atom stereocenters. The van der Waals surface area contributed by atoms with Gasteiger partial charge < -0.3 is 10.4 Å². The summed E-state index contributed by atoms with van der Waals surface area (Å²) in [6.07, 6.45) is 6.92. The molecule has 0 radical (unpaired) electrons. The molecule has 29 heavy (non-hydrogen) atoms. The molecule has 4 rings (SSSR count). The number of benzene rings is 1. The van der Waals surface area contributed by atoms with Gasteiger partial charge >= 0.3 is 5.97 Å². The maximum Gasteiger partial charge on any atom is 0.354 e. The summed E-state index contributed by atoms with van der Waals surface area (Å²) >= 11 is 0. The van der Waals surface area contributed by atoms with Crippen LogP contribution in [0.5, 0.6) is 0 Å². The predicted molar refractivity (Wildman–Crippen MR) is 112 cm³/mol. The zero-order valence-corrected chi connectivity index (χ0v) is 16.7. The van der Waals surface area contributed by atoms with Gasteiger partial charge in [-0.15, -0.1) is 0 Å². The first-order valence-corrected chi connectivity index (χ1v) is 10.2. The molecule has 0 saturated carbocycles. The van der Waals surface area contributed by atoms with Crippen LogP contribution in [0, 0.1) is 6.92 Å². The Balaban J connectivity index is 1.36. The first-order valence-electron chi connectivity index (χ1n) is 10.2. The molecule has 0 spiro atoms. The molecule has 0 amide bonds. The van der Waals surface area contributed by atoms with E-state index in [4.69, 9.17) is 0 Å². The zero-order chi connectivity index (χ0) is 20.2. The molecule has 2 aromatic heterocycles. The lowest BCUT2D eigenvalue weighted by atomic mass is 9.90. The third-order valence-corrected chi connectivity index (χ3v) is 5.49. The van der Waals surface area contributed by atoms with Crippen molar-refractivity contribution in [2.24, 2.45) is 0 Å². The summed E-state index contributed by atoms with van der Waals surface area (Å²) in [7, 11) is 0. The third-order valence-electron chi connectivity index (χ3n) is 5.49. The molecule has 6 nitrogen and oxygen atoms in total. The van der Waals surface area contributed by atoms with Crippen molar-refractivity contribution >= 4 is 5.97 Å². The number of aryl methyl sites for hydroxylation is 3. The van der Waals surface area contributed by atoms with Crippen molar-refractivity contribution in [1.82, 2.24) is 20.1 Å². The monoisotopic (exact) mass is 390 g/mol. The number of fused-ring (bicyclic) bond motifs is 3. The number of carboxylic acid groups (broad SMARTS) is 1. The van der Waals surface area contributed by atoms with Crippen LogP contribution in [-0.2, 0) is 25.8 Å². The van der Waals surface area contributed by atoms with E-state index in [1.807, 2.05) is 12.3 Å². The summed E-state index contributed by atoms with van der Waals surface area (Å²) in [4.78, 5) is 16.1. The largest absolute Gasteiger partial charge is 0.477 e. The lowest BCUT2D eigenvalue weighted by molar-refractivity contribution is 0.0681. The number of rotatable bonds is 8. The molecule has 6 heteroatoms. The zero-order valence-electron chi connectivity index (χ0n) is 16.7. The second-order valence-electron chi connectivity index (χ2n) is 7.58. The van der Waals surface area contributed by atoms with Crippen molar-refractivity contribution in [1.29, 1.82) is 0 Å². The standard InChI is InChI=1S/C23H26N4O2/c1-16-3-5-17(6-4-16)9-12-24-11-2-14-27-22(23(28)29)20-8-7-18-15-25-13-10-19(18)21(20)26-27/h3-6,10,13,15,24H,2,7-9,11-12,14H2,1H3,(H,28,29). The Kier molecular flexibility index (Phi) is 5.71. The summed E-state index contributed by atoms with van der Waals surface area (Å²) in [6, 6.07) is 10.5. The number of nitrogens with one attached hydrogen (secondary N) is 1. The van der Waals surface area contributed by atoms with Crippen LogP contribution < -0.4 is 5.32 Å². The molecule has 150 valence electrons. The maximum atomic E-state index is 11.9. The van der Waals surface area contributed by atoms with Gasteiger partial charge in [0.15, 0.2) is 0 Å². The Labute approximate surface area is 170 Å². The van der Waals surface area contributed by atoms with Crippen molar-refractivity contribution in [3.05, 3.63) is 70.7 Å². The Hall–Kier alpha value is -2.99. The minimum Gasteiger partial charge on any atom is -0.477 e. The van der Waals surface area contributed by atoms with E-state index >= 15 is 0 Å². The minimum absolute atomic E-state index is 0.335. The highest BCUT2D eigenvalue weighted by molar-refractivity contribution is 5.90. The van der Waals surface area contributed by atoms with Crippen LogP contribution in [-0.4, -0.2) is 38.9 Å². The normalized spacial score (nSPS) is 12.4. The van der Waals surface area contributed by atoms with Gasteiger partial charge in [0.1, 0.15) is 5.69 Å². The molecule has 0 bridgehead atoms. The van der Waals surface area contributed by atoms with Gasteiger partial charge in [-0.3, -0.25) is 9.67 Å². The molecular weight excluding hydrogens is 364 g/mol. The van der Waals surface area contributed by atoms with E-state index in [-0.39, 0.29) is 0 Å². The molecule has 2 N–H and O–H groups in total. The highest BCUT2D eigenvalue weighted by Crippen LogP contribution is 2.34. The maximum absolute atomic E-state index is 11.9. The molecular formula is C23H26N4O2. The Bertz CT molecular complexity index is 1010. The van der Waals surface area contributed by atoms with Gasteiger partial charge in [-0.05, 0) is 62.9 Å². The van der Waals surface area contributed by atoms with Crippen LogP contribution in [0.25, 0.3) is 11.3 Å². The minimum atomic E-state index is -0.899. The number of hydrogen-bond acceptors (Lipinski definition) is 4. The van der Waals surface area contributed by atoms with Crippen molar-refractivity contribution in [2.45, 2.75) is 39.2 Å². The molecule has 0 aliphatic heterocycles. The number of carbonyl (C=O) groups is 1. The molecule has 1 aliphatic carbocycles. The highest BCUT2D eigenvalue weighted by atomic mass is 16.4. The highest BCUT2D eigenvalue weighted by Gasteiger charge is 2.27. The molecule has 1 aromatic carbocycles. The Morgan fingerprint density at radius 1 is 1.17 bits per heavy atom. The quantitative estimate of drug-likeness (QED) is 0.577. The predicted octanol–water partition coefficient (Wildman–Crippen LogP) is 3.27. The smallest absolute Gasteiger partial charge is 0.354 e. The van der Waals surface area contributed by atoms with Crippen LogP contribution in [0.2, 0.25) is 0 Å². The molecule has 2 heterocycles. The van der Waals surface area contributed by atoms with Gasteiger partial charge in [0, 0.05) is 30.1 Å². The molecule has 0 fully saturated rings. The Morgan fingerprint density at radius 3 is 2.79 bits per heavy atom. The summed E-state index contributed by atoms with van der Waals surface area (Å²) in [5, 5.41) is 17.9. The molecule has 1 aliphatic rings. The summed E-state index contributed by atoms with van der Waals surface area (Å²) in [6.45, 7) is 4.42. The van der Waals surface area contributed by atoms with Crippen LogP contribution in [0.1, 0.15) is 39.2 Å². The number of pyridine rings is 1. The van der Waals surface area contributed by atoms with Crippen LogP contribution in [0.15, 0.2) is 42.7 Å². The fraction of sp³-hybridized carbons (Fsp3) is 0.348. The second-order valence-corrected chi connectivity index (χ2v) is 7.58. The first-order chi connectivity index (χ1) is 14.1. The van der Waals surface area contributed by atoms with Gasteiger partial charge in [-0.2, -0.15) is 5.10 Å². The van der Waals surface area contributed by atoms with Gasteiger partial charge in [0.05, 0.1) is 5.69 Å². The number of hydrogen-bond donors (Lipinski definition) is 2. The van der Waals surface area contributed by atoms with Crippen LogP contribution in [0.4, 0.5) is 0 Å². The SMILES string of the molecule is Cc1ccc(CCNCCCn2nc3c(c2C(=O)O)CCc2cnccc2-3)cc1. The summed E-state index contributed by atoms with van der Waals surface area (Å²) in [5.74, 6) is -0.899. The van der Waals surface area contributed by atoms with Crippen LogP contribution >= 0.6 is 0 Å². The summed E-state index contributed by atoms with van der Waals surface area (Å²) in [5.41, 5.74) is 6.74. The molecule has 0 saturated heterocycles. The number of aromatic carboxylic acids is 1. The number of aromatic nitrogens is 3. The average Bonchev–Trinajstić information content (AvgIpc) is 3.11. The van der Waals surface area contributed by atoms with Crippen molar-refractivity contribution in [2.75, 3.05) is 13.1 Å². The van der Waals surface area contributed by atoms with Crippen molar-refractivity contribution in [3.8, 4) is 11.3 Å². The summed E-state index contributed by atoms with van der Waals surface area (Å²) < 4.78 is 1.67. The number of nitrogens with zero attached hydrogens (tertiary/aromatic N) is 3. The second kappa shape index (κ2) is 8.57. The Morgan fingerprint density at radius 2 is 2.00 bits per heavy atom. The fourth-order valence-electron chi connectivity index (χ4n) is 3.94. The third kappa shape index (κ3) is 4.22. The topological polar surface area (TPSA) is 80.0 Å². The fourth-order valence-corrected chi connectivity index (χ4v) is 3.94. The van der Waals surface area contributed by atoms with Gasteiger partial charge in [-0.25, -0.2) is 4.79 Å². The molecule has 0 unspecified atom stereocenters. The van der Waals surface area contributed by atoms with E-state index in [1.54, 1.807) is 10.9 Å². The van der Waals surface area contributed by atoms with Crippen molar-refractivity contribution in [3.63, 3.8) is 0 Å². The van der Waals surface area contributed by atoms with E-state index in [0.717, 1.165) is 54.7 Å². The first kappa shape index (κ1) is 19.3. The van der Waals surface area contributed by atoms with Gasteiger partial charge in [0.25, 0.3) is 0 Å². The van der Waals surface area contributed by atoms with E-state index < -0.39 is 5.97 Å². The average molecular weight is 390 g/mol. The van der Waals surface area contributed by atoms with Crippen LogP contribution in [0.3, 0.4) is 0 Å².